The van der Waals surface area contributed by atoms with Crippen molar-refractivity contribution < 1.29 is 4.79 Å². The average molecular weight is 259 g/mol. The quantitative estimate of drug-likeness (QED) is 0.645. The largest absolute Gasteiger partial charge is 0.339 e. The van der Waals surface area contributed by atoms with Crippen LogP contribution in [0.3, 0.4) is 0 Å². The number of aryl methyl sites for hydroxylation is 1. The van der Waals surface area contributed by atoms with Gasteiger partial charge in [-0.15, -0.1) is 11.3 Å². The second-order valence-corrected chi connectivity index (χ2v) is 4.61. The molecule has 0 aliphatic carbocycles. The summed E-state index contributed by atoms with van der Waals surface area (Å²) in [4.78, 5) is 12.5. The van der Waals surface area contributed by atoms with Gasteiger partial charge in [0.15, 0.2) is 0 Å². The molecular formula is C13H13N3OS. The van der Waals surface area contributed by atoms with E-state index in [2.05, 4.69) is 15.8 Å². The molecule has 0 aliphatic rings. The predicted molar refractivity (Wildman–Crippen MR) is 75.2 cm³/mol. The minimum atomic E-state index is -0.355. The zero-order valence-electron chi connectivity index (χ0n) is 9.88. The molecule has 0 atom stereocenters. The average Bonchev–Trinajstić information content (AvgIpc) is 2.76. The molecule has 0 saturated carbocycles. The van der Waals surface area contributed by atoms with Crippen LogP contribution in [0.4, 0.5) is 10.5 Å². The third-order valence-electron chi connectivity index (χ3n) is 2.28. The summed E-state index contributed by atoms with van der Waals surface area (Å²) in [5, 5.41) is 8.56. The summed E-state index contributed by atoms with van der Waals surface area (Å²) < 4.78 is 0. The predicted octanol–water partition coefficient (Wildman–Crippen LogP) is 3.21. The van der Waals surface area contributed by atoms with Gasteiger partial charge in [0.2, 0.25) is 0 Å². The van der Waals surface area contributed by atoms with Crippen LogP contribution in [-0.2, 0) is 0 Å². The first-order chi connectivity index (χ1) is 8.75. The maximum absolute atomic E-state index is 11.5. The number of carbonyl (C=O) groups is 1. The number of hydrogen-bond acceptors (Lipinski definition) is 3. The highest BCUT2D eigenvalue weighted by Gasteiger charge is 1.99. The van der Waals surface area contributed by atoms with Crippen molar-refractivity contribution in [2.45, 2.75) is 6.92 Å². The fourth-order valence-corrected chi connectivity index (χ4v) is 2.13. The number of urea groups is 1. The molecule has 0 saturated heterocycles. The Labute approximate surface area is 109 Å². The van der Waals surface area contributed by atoms with Gasteiger partial charge in [-0.3, -0.25) is 0 Å². The first kappa shape index (κ1) is 12.3. The highest BCUT2D eigenvalue weighted by molar-refractivity contribution is 7.11. The van der Waals surface area contributed by atoms with Crippen LogP contribution < -0.4 is 10.7 Å². The van der Waals surface area contributed by atoms with E-state index in [0.717, 1.165) is 16.1 Å². The Balaban J connectivity index is 1.86. The van der Waals surface area contributed by atoms with Crippen LogP contribution in [0.1, 0.15) is 10.4 Å². The van der Waals surface area contributed by atoms with Crippen LogP contribution in [0, 0.1) is 6.92 Å². The van der Waals surface area contributed by atoms with E-state index in [-0.39, 0.29) is 6.03 Å². The number of benzene rings is 1. The fraction of sp³-hybridized carbons (Fsp3) is 0.0769. The van der Waals surface area contributed by atoms with Crippen molar-refractivity contribution in [2.24, 2.45) is 5.10 Å². The molecule has 2 aromatic rings. The lowest BCUT2D eigenvalue weighted by Crippen LogP contribution is -2.24. The van der Waals surface area contributed by atoms with Gasteiger partial charge < -0.3 is 5.32 Å². The van der Waals surface area contributed by atoms with Crippen LogP contribution in [0.5, 0.6) is 0 Å². The van der Waals surface area contributed by atoms with Crippen LogP contribution in [0.15, 0.2) is 46.9 Å². The number of amides is 2. The van der Waals surface area contributed by atoms with Crippen molar-refractivity contribution in [1.82, 2.24) is 5.43 Å². The van der Waals surface area contributed by atoms with Crippen molar-refractivity contribution in [3.63, 3.8) is 0 Å². The molecule has 2 amide bonds. The highest BCUT2D eigenvalue weighted by Crippen LogP contribution is 2.12. The van der Waals surface area contributed by atoms with E-state index < -0.39 is 0 Å². The molecule has 0 aliphatic heterocycles. The third kappa shape index (κ3) is 3.43. The van der Waals surface area contributed by atoms with Gasteiger partial charge in [0.1, 0.15) is 0 Å². The first-order valence-electron chi connectivity index (χ1n) is 5.45. The Morgan fingerprint density at radius 2 is 2.06 bits per heavy atom. The van der Waals surface area contributed by atoms with Crippen molar-refractivity contribution in [3.05, 3.63) is 52.2 Å². The van der Waals surface area contributed by atoms with E-state index in [1.54, 1.807) is 17.6 Å². The second kappa shape index (κ2) is 5.97. The number of thiophene rings is 1. The maximum atomic E-state index is 11.5. The summed E-state index contributed by atoms with van der Waals surface area (Å²) in [6.45, 7) is 2.00. The van der Waals surface area contributed by atoms with Crippen molar-refractivity contribution in [3.8, 4) is 0 Å². The molecule has 0 unspecified atom stereocenters. The van der Waals surface area contributed by atoms with E-state index in [9.17, 15) is 4.79 Å². The molecule has 92 valence electrons. The Bertz CT molecular complexity index is 548. The molecule has 0 bridgehead atoms. The molecule has 2 N–H and O–H groups in total. The summed E-state index contributed by atoms with van der Waals surface area (Å²) in [6, 6.07) is 10.9. The van der Waals surface area contributed by atoms with Crippen LogP contribution in [0.25, 0.3) is 0 Å². The Morgan fingerprint density at radius 3 is 2.72 bits per heavy atom. The van der Waals surface area contributed by atoms with Crippen molar-refractivity contribution in [1.29, 1.82) is 0 Å². The summed E-state index contributed by atoms with van der Waals surface area (Å²) in [5.41, 5.74) is 4.30. The first-order valence-corrected chi connectivity index (χ1v) is 6.33. The number of hydrazone groups is 1. The van der Waals surface area contributed by atoms with Crippen LogP contribution >= 0.6 is 11.3 Å². The minimum Gasteiger partial charge on any atom is -0.307 e. The van der Waals surface area contributed by atoms with Gasteiger partial charge in [0.25, 0.3) is 0 Å². The van der Waals surface area contributed by atoms with E-state index in [1.807, 2.05) is 48.7 Å². The fourth-order valence-electron chi connectivity index (χ4n) is 1.35. The topological polar surface area (TPSA) is 53.5 Å². The number of anilines is 1. The smallest absolute Gasteiger partial charge is 0.307 e. The Hall–Kier alpha value is -2.14. The summed E-state index contributed by atoms with van der Waals surface area (Å²) in [7, 11) is 0. The molecule has 0 radical (unpaired) electrons. The highest BCUT2D eigenvalue weighted by atomic mass is 32.1. The molecule has 2 rings (SSSR count). The lowest BCUT2D eigenvalue weighted by molar-refractivity contribution is 0.252. The summed E-state index contributed by atoms with van der Waals surface area (Å²) >= 11 is 1.58. The van der Waals surface area contributed by atoms with Crippen molar-refractivity contribution >= 4 is 29.3 Å². The van der Waals surface area contributed by atoms with E-state index in [1.165, 1.54) is 0 Å². The zero-order valence-corrected chi connectivity index (χ0v) is 10.7. The van der Waals surface area contributed by atoms with Gasteiger partial charge in [-0.1, -0.05) is 18.2 Å². The molecule has 4 nitrogen and oxygen atoms in total. The second-order valence-electron chi connectivity index (χ2n) is 3.66. The monoisotopic (exact) mass is 259 g/mol. The molecule has 0 fully saturated rings. The Kier molecular flexibility index (Phi) is 4.09. The van der Waals surface area contributed by atoms with Crippen molar-refractivity contribution in [2.75, 3.05) is 5.32 Å². The Morgan fingerprint density at radius 1 is 1.28 bits per heavy atom. The minimum absolute atomic E-state index is 0.355. The summed E-state index contributed by atoms with van der Waals surface area (Å²) in [5.74, 6) is 0. The number of nitrogens with one attached hydrogen (secondary N) is 2. The molecule has 1 heterocycles. The molecule has 5 heteroatoms. The van der Waals surface area contributed by atoms with Gasteiger partial charge in [-0.2, -0.15) is 5.10 Å². The van der Waals surface area contributed by atoms with Gasteiger partial charge in [-0.25, -0.2) is 10.2 Å². The molecule has 1 aromatic heterocycles. The maximum Gasteiger partial charge on any atom is 0.339 e. The standard InChI is InChI=1S/C13H13N3OS/c1-10-7-8-18-12(10)9-14-16-13(17)15-11-5-3-2-4-6-11/h2-9H,1H3,(H2,15,16,17). The normalized spacial score (nSPS) is 10.5. The lowest BCUT2D eigenvalue weighted by Gasteiger charge is -2.02. The summed E-state index contributed by atoms with van der Waals surface area (Å²) in [6.07, 6.45) is 1.64. The molecular weight excluding hydrogens is 246 g/mol. The molecule has 18 heavy (non-hydrogen) atoms. The number of nitrogens with zero attached hydrogens (tertiary/aromatic N) is 1. The van der Waals surface area contributed by atoms with E-state index in [0.29, 0.717) is 0 Å². The van der Waals surface area contributed by atoms with Gasteiger partial charge in [0, 0.05) is 10.6 Å². The van der Waals surface area contributed by atoms with E-state index in [4.69, 9.17) is 0 Å². The lowest BCUT2D eigenvalue weighted by atomic mass is 10.3. The third-order valence-corrected chi connectivity index (χ3v) is 3.23. The zero-order chi connectivity index (χ0) is 12.8. The van der Waals surface area contributed by atoms with E-state index >= 15 is 0 Å². The van der Waals surface area contributed by atoms with Gasteiger partial charge >= 0.3 is 6.03 Å². The number of hydrogen-bond donors (Lipinski definition) is 2. The van der Waals surface area contributed by atoms with Crippen LogP contribution in [0.2, 0.25) is 0 Å². The van der Waals surface area contributed by atoms with Gasteiger partial charge in [-0.05, 0) is 36.1 Å². The number of para-hydroxylation sites is 1. The van der Waals surface area contributed by atoms with Crippen LogP contribution in [-0.4, -0.2) is 12.2 Å². The SMILES string of the molecule is Cc1ccsc1C=NNC(=O)Nc1ccccc1. The number of rotatable bonds is 3. The molecule has 1 aromatic carbocycles. The number of carbonyl (C=O) groups excluding carboxylic acids is 1. The molecule has 0 spiro atoms. The van der Waals surface area contributed by atoms with Gasteiger partial charge in [0.05, 0.1) is 6.21 Å².